The second-order valence-electron chi connectivity index (χ2n) is 6.54. The van der Waals surface area contributed by atoms with Crippen LogP contribution in [0.3, 0.4) is 0 Å². The van der Waals surface area contributed by atoms with Crippen molar-refractivity contribution in [1.29, 1.82) is 0 Å². The van der Waals surface area contributed by atoms with Crippen molar-refractivity contribution in [2.75, 3.05) is 0 Å². The third-order valence-corrected chi connectivity index (χ3v) is 5.56. The third-order valence-electron chi connectivity index (χ3n) is 5.10. The van der Waals surface area contributed by atoms with Crippen LogP contribution in [0, 0.1) is 17.8 Å². The van der Waals surface area contributed by atoms with E-state index in [2.05, 4.69) is 12.6 Å². The van der Waals surface area contributed by atoms with Crippen LogP contribution < -0.4 is 0 Å². The molecule has 0 bridgehead atoms. The molecule has 6 heteroatoms. The van der Waals surface area contributed by atoms with E-state index in [9.17, 15) is 24.6 Å². The van der Waals surface area contributed by atoms with Gasteiger partial charge in [-0.25, -0.2) is 0 Å². The summed E-state index contributed by atoms with van der Waals surface area (Å²) in [7, 11) is 0. The molecule has 0 radical (unpaired) electrons. The molecule has 3 aliphatic carbocycles. The van der Waals surface area contributed by atoms with Crippen LogP contribution in [0.4, 0.5) is 0 Å². The number of Topliss-reactive ketones (excluding diaryl/α,β-unsaturated/α-hetero) is 3. The zero-order chi connectivity index (χ0) is 16.4. The number of hydrogen-bond acceptors (Lipinski definition) is 6. The molecule has 0 saturated heterocycles. The van der Waals surface area contributed by atoms with Gasteiger partial charge in [-0.05, 0) is 32.3 Å². The summed E-state index contributed by atoms with van der Waals surface area (Å²) < 4.78 is 0. The molecule has 3 aliphatic rings. The molecule has 0 aliphatic heterocycles. The van der Waals surface area contributed by atoms with Gasteiger partial charge in [-0.1, -0.05) is 6.08 Å². The van der Waals surface area contributed by atoms with Gasteiger partial charge in [0.15, 0.2) is 17.3 Å². The highest BCUT2D eigenvalue weighted by atomic mass is 32.1. The fourth-order valence-electron chi connectivity index (χ4n) is 3.52. The molecule has 0 spiro atoms. The van der Waals surface area contributed by atoms with E-state index in [0.29, 0.717) is 18.4 Å². The Morgan fingerprint density at radius 2 is 2.05 bits per heavy atom. The predicted molar refractivity (Wildman–Crippen MR) is 81.5 cm³/mol. The second kappa shape index (κ2) is 4.80. The van der Waals surface area contributed by atoms with Gasteiger partial charge >= 0.3 is 0 Å². The largest absolute Gasteiger partial charge is 0.511 e. The zero-order valence-electron chi connectivity index (χ0n) is 12.4. The highest BCUT2D eigenvalue weighted by Crippen LogP contribution is 2.53. The summed E-state index contributed by atoms with van der Waals surface area (Å²) in [5, 5.41) is 19.9. The van der Waals surface area contributed by atoms with E-state index < -0.39 is 34.8 Å². The summed E-state index contributed by atoms with van der Waals surface area (Å²) in [5.74, 6) is -3.96. The van der Waals surface area contributed by atoms with E-state index in [1.165, 1.54) is 6.92 Å². The van der Waals surface area contributed by atoms with Gasteiger partial charge in [-0.3, -0.25) is 14.4 Å². The lowest BCUT2D eigenvalue weighted by Crippen LogP contribution is -2.52. The van der Waals surface area contributed by atoms with Crippen molar-refractivity contribution in [2.45, 2.75) is 37.5 Å². The Labute approximate surface area is 133 Å². The molecule has 3 rings (SSSR count). The molecule has 22 heavy (non-hydrogen) atoms. The molecule has 0 heterocycles. The van der Waals surface area contributed by atoms with Crippen LogP contribution in [0.5, 0.6) is 0 Å². The van der Waals surface area contributed by atoms with Crippen molar-refractivity contribution >= 4 is 30.0 Å². The average molecular weight is 322 g/mol. The first-order chi connectivity index (χ1) is 10.2. The number of aliphatic hydroxyl groups is 2. The van der Waals surface area contributed by atoms with Crippen LogP contribution in [0.2, 0.25) is 0 Å². The Morgan fingerprint density at radius 3 is 2.68 bits per heavy atom. The molecule has 0 aromatic heterocycles. The third kappa shape index (κ3) is 2.01. The maximum absolute atomic E-state index is 12.7. The van der Waals surface area contributed by atoms with Gasteiger partial charge in [-0.15, -0.1) is 0 Å². The highest BCUT2D eigenvalue weighted by Gasteiger charge is 2.65. The molecular formula is C16H18O5S. The minimum absolute atomic E-state index is 0.0130. The molecule has 0 aromatic carbocycles. The van der Waals surface area contributed by atoms with E-state index in [0.717, 1.165) is 0 Å². The van der Waals surface area contributed by atoms with Crippen LogP contribution in [0.15, 0.2) is 23.0 Å². The summed E-state index contributed by atoms with van der Waals surface area (Å²) >= 11 is 4.20. The van der Waals surface area contributed by atoms with E-state index in [1.807, 2.05) is 0 Å². The van der Waals surface area contributed by atoms with Gasteiger partial charge in [0.25, 0.3) is 0 Å². The molecule has 5 unspecified atom stereocenters. The summed E-state index contributed by atoms with van der Waals surface area (Å²) in [6, 6.07) is 0. The van der Waals surface area contributed by atoms with Gasteiger partial charge in [0, 0.05) is 17.4 Å². The Bertz CT molecular complexity index is 657. The molecule has 2 saturated carbocycles. The fourth-order valence-corrected chi connectivity index (χ4v) is 3.82. The smallest absolute Gasteiger partial charge is 0.182 e. The van der Waals surface area contributed by atoms with Crippen LogP contribution in [0.25, 0.3) is 0 Å². The molecular weight excluding hydrogens is 304 g/mol. The summed E-state index contributed by atoms with van der Waals surface area (Å²) in [4.78, 5) is 37.4. The standard InChI is InChI=1S/C16H18O5S/c1-6-7(3-4-10(22)12(6)17)13(18)11-14(19)8-5-9(8)16(2,21)15(11)20/h3,8-11,17,21-22H,4-5H2,1-2H3. The van der Waals surface area contributed by atoms with Gasteiger partial charge in [-0.2, -0.15) is 12.6 Å². The number of ketones is 3. The number of fused-ring (bicyclic) bond motifs is 1. The summed E-state index contributed by atoms with van der Waals surface area (Å²) in [5.41, 5.74) is -1.10. The molecule has 2 N–H and O–H groups in total. The average Bonchev–Trinajstić information content (AvgIpc) is 3.25. The summed E-state index contributed by atoms with van der Waals surface area (Å²) in [6.07, 6.45) is 2.41. The lowest BCUT2D eigenvalue weighted by molar-refractivity contribution is -0.154. The Hall–Kier alpha value is -1.40. The maximum Gasteiger partial charge on any atom is 0.182 e. The Balaban J connectivity index is 1.95. The van der Waals surface area contributed by atoms with Crippen molar-refractivity contribution in [1.82, 2.24) is 0 Å². The number of allylic oxidation sites excluding steroid dienone is 3. The number of aliphatic hydroxyl groups excluding tert-OH is 1. The quantitative estimate of drug-likeness (QED) is 0.524. The van der Waals surface area contributed by atoms with Gasteiger partial charge in [0.1, 0.15) is 17.3 Å². The minimum Gasteiger partial charge on any atom is -0.511 e. The van der Waals surface area contributed by atoms with E-state index in [-0.39, 0.29) is 22.5 Å². The van der Waals surface area contributed by atoms with Crippen molar-refractivity contribution in [3.8, 4) is 0 Å². The van der Waals surface area contributed by atoms with E-state index in [1.54, 1.807) is 13.0 Å². The topological polar surface area (TPSA) is 91.7 Å². The fraction of sp³-hybridized carbons (Fsp3) is 0.562. The van der Waals surface area contributed by atoms with Gasteiger partial charge < -0.3 is 10.2 Å². The molecule has 0 aromatic rings. The Kier molecular flexibility index (Phi) is 3.38. The molecule has 2 fully saturated rings. The number of thiol groups is 1. The molecule has 5 nitrogen and oxygen atoms in total. The van der Waals surface area contributed by atoms with E-state index >= 15 is 0 Å². The molecule has 0 amide bonds. The highest BCUT2D eigenvalue weighted by molar-refractivity contribution is 7.81. The maximum atomic E-state index is 12.7. The van der Waals surface area contributed by atoms with Crippen molar-refractivity contribution < 1.29 is 24.6 Å². The van der Waals surface area contributed by atoms with Crippen molar-refractivity contribution in [2.24, 2.45) is 17.8 Å². The van der Waals surface area contributed by atoms with Crippen molar-refractivity contribution in [3.05, 3.63) is 23.0 Å². The first-order valence-corrected chi connectivity index (χ1v) is 7.82. The first kappa shape index (κ1) is 15.5. The predicted octanol–water partition coefficient (Wildman–Crippen LogP) is 1.17. The summed E-state index contributed by atoms with van der Waals surface area (Å²) in [6.45, 7) is 2.95. The second-order valence-corrected chi connectivity index (χ2v) is 7.16. The normalized spacial score (nSPS) is 41.2. The lowest BCUT2D eigenvalue weighted by atomic mass is 9.72. The van der Waals surface area contributed by atoms with Crippen LogP contribution in [-0.4, -0.2) is 38.4 Å². The molecule has 118 valence electrons. The first-order valence-electron chi connectivity index (χ1n) is 7.30. The van der Waals surface area contributed by atoms with Gasteiger partial charge in [0.05, 0.1) is 5.25 Å². The number of hydrogen-bond donors (Lipinski definition) is 3. The van der Waals surface area contributed by atoms with Crippen LogP contribution in [0.1, 0.15) is 26.7 Å². The van der Waals surface area contributed by atoms with E-state index in [4.69, 9.17) is 0 Å². The lowest BCUT2D eigenvalue weighted by Gasteiger charge is -2.31. The Morgan fingerprint density at radius 1 is 1.41 bits per heavy atom. The molecule has 5 atom stereocenters. The van der Waals surface area contributed by atoms with Crippen LogP contribution in [-0.2, 0) is 14.4 Å². The monoisotopic (exact) mass is 322 g/mol. The number of rotatable bonds is 2. The van der Waals surface area contributed by atoms with Crippen LogP contribution >= 0.6 is 12.6 Å². The zero-order valence-corrected chi connectivity index (χ0v) is 13.3. The number of carbonyl (C=O) groups is 3. The number of carbonyl (C=O) groups excluding carboxylic acids is 3. The SMILES string of the molecule is CC1=C(O)C(S)CC=C1C(=O)C1C(=O)C2CC2C(C)(O)C1=O. The van der Waals surface area contributed by atoms with Gasteiger partial charge in [0.2, 0.25) is 0 Å². The van der Waals surface area contributed by atoms with Crippen molar-refractivity contribution in [3.63, 3.8) is 0 Å². The minimum atomic E-state index is -1.63.